The Morgan fingerprint density at radius 3 is 2.26 bits per heavy atom. The van der Waals surface area contributed by atoms with Crippen molar-refractivity contribution in [3.63, 3.8) is 0 Å². The molecule has 0 bridgehead atoms. The highest BCUT2D eigenvalue weighted by molar-refractivity contribution is 14.1. The lowest BCUT2D eigenvalue weighted by atomic mass is 9.79. The standard InChI is InChI=1S/C21H36F2I2N2/c1-11-8-14(12(2)20(25)27-21(3,4)5)9-15(11)18(24)19(26)13-6-7-16(22)17(23)10-13/h11-18,20,26-27H,6-10H2,1-5H3. The van der Waals surface area contributed by atoms with Crippen molar-refractivity contribution in [3.8, 4) is 0 Å². The summed E-state index contributed by atoms with van der Waals surface area (Å²) in [5, 5.41) is 12.4. The Kier molecular flexibility index (Phi) is 8.83. The van der Waals surface area contributed by atoms with Gasteiger partial charge in [-0.1, -0.05) is 59.0 Å². The van der Waals surface area contributed by atoms with Crippen LogP contribution >= 0.6 is 45.2 Å². The molecule has 6 heteroatoms. The van der Waals surface area contributed by atoms with Gasteiger partial charge in [0.2, 0.25) is 0 Å². The van der Waals surface area contributed by atoms with Gasteiger partial charge in [-0.2, -0.15) is 0 Å². The fraction of sp³-hybridized carbons (Fsp3) is 0.952. The van der Waals surface area contributed by atoms with E-state index in [9.17, 15) is 8.78 Å². The predicted octanol–water partition coefficient (Wildman–Crippen LogP) is 6.73. The minimum Gasteiger partial charge on any atom is -0.308 e. The van der Waals surface area contributed by atoms with E-state index in [0.29, 0.717) is 39.9 Å². The van der Waals surface area contributed by atoms with Gasteiger partial charge in [-0.05, 0) is 76.5 Å². The Bertz CT molecular complexity index is 511. The highest BCUT2D eigenvalue weighted by Gasteiger charge is 2.43. The zero-order chi connectivity index (χ0) is 20.5. The van der Waals surface area contributed by atoms with Gasteiger partial charge in [-0.3, -0.25) is 0 Å². The van der Waals surface area contributed by atoms with E-state index in [4.69, 9.17) is 5.41 Å². The average Bonchev–Trinajstić information content (AvgIpc) is 2.95. The highest BCUT2D eigenvalue weighted by atomic mass is 127. The van der Waals surface area contributed by atoms with Gasteiger partial charge in [0, 0.05) is 17.2 Å². The summed E-state index contributed by atoms with van der Waals surface area (Å²) in [5.74, 6) is 2.22. The lowest BCUT2D eigenvalue weighted by Crippen LogP contribution is -2.44. The molecule has 0 saturated heterocycles. The van der Waals surface area contributed by atoms with Crippen molar-refractivity contribution in [1.29, 1.82) is 5.41 Å². The molecule has 0 aromatic carbocycles. The van der Waals surface area contributed by atoms with Gasteiger partial charge in [0.1, 0.15) is 12.3 Å². The van der Waals surface area contributed by atoms with Gasteiger partial charge in [-0.25, -0.2) is 8.78 Å². The van der Waals surface area contributed by atoms with Crippen LogP contribution in [0, 0.1) is 35.0 Å². The van der Waals surface area contributed by atoms with Crippen molar-refractivity contribution in [2.24, 2.45) is 29.6 Å². The summed E-state index contributed by atoms with van der Waals surface area (Å²) in [4.78, 5) is 0. The Hall–Kier alpha value is 0.950. The van der Waals surface area contributed by atoms with E-state index >= 15 is 0 Å². The van der Waals surface area contributed by atoms with E-state index in [2.05, 4.69) is 85.1 Å². The first-order valence-corrected chi connectivity index (χ1v) is 12.8. The Morgan fingerprint density at radius 1 is 1.07 bits per heavy atom. The Balaban J connectivity index is 1.95. The second kappa shape index (κ2) is 9.84. The molecule has 2 saturated carbocycles. The van der Waals surface area contributed by atoms with Crippen LogP contribution in [0.2, 0.25) is 0 Å². The van der Waals surface area contributed by atoms with Crippen molar-refractivity contribution >= 4 is 50.9 Å². The quantitative estimate of drug-likeness (QED) is 0.149. The zero-order valence-corrected chi connectivity index (χ0v) is 21.6. The molecular formula is C21H36F2I2N2. The number of alkyl halides is 4. The summed E-state index contributed by atoms with van der Waals surface area (Å²) in [6.45, 7) is 11.3. The number of nitrogens with one attached hydrogen (secondary N) is 2. The van der Waals surface area contributed by atoms with E-state index in [1.165, 1.54) is 6.42 Å². The molecule has 2 fully saturated rings. The third-order valence-corrected chi connectivity index (χ3v) is 9.60. The summed E-state index contributed by atoms with van der Waals surface area (Å²) in [6, 6.07) is 0. The van der Waals surface area contributed by atoms with Crippen LogP contribution in [-0.2, 0) is 0 Å². The highest BCUT2D eigenvalue weighted by Crippen LogP contribution is 2.46. The third-order valence-electron chi connectivity index (χ3n) is 6.56. The fourth-order valence-corrected chi connectivity index (χ4v) is 7.80. The van der Waals surface area contributed by atoms with Crippen LogP contribution < -0.4 is 5.32 Å². The summed E-state index contributed by atoms with van der Waals surface area (Å²) in [7, 11) is 0. The largest absolute Gasteiger partial charge is 0.308 e. The van der Waals surface area contributed by atoms with Crippen molar-refractivity contribution in [2.75, 3.05) is 0 Å². The number of hydrogen-bond acceptors (Lipinski definition) is 2. The first-order chi connectivity index (χ1) is 12.4. The monoisotopic (exact) mass is 608 g/mol. The molecule has 0 spiro atoms. The number of halogens is 4. The molecule has 0 heterocycles. The van der Waals surface area contributed by atoms with Gasteiger partial charge in [0.15, 0.2) is 0 Å². The Morgan fingerprint density at radius 2 is 1.70 bits per heavy atom. The van der Waals surface area contributed by atoms with E-state index in [1.54, 1.807) is 0 Å². The van der Waals surface area contributed by atoms with Gasteiger partial charge in [0.05, 0.1) is 7.97 Å². The molecule has 0 aliphatic heterocycles. The molecule has 27 heavy (non-hydrogen) atoms. The van der Waals surface area contributed by atoms with Crippen molar-refractivity contribution in [2.45, 2.75) is 92.6 Å². The minimum absolute atomic E-state index is 0.0718. The maximum atomic E-state index is 13.8. The summed E-state index contributed by atoms with van der Waals surface area (Å²) in [6.07, 6.45) is 0.733. The van der Waals surface area contributed by atoms with Crippen LogP contribution in [0.4, 0.5) is 8.78 Å². The smallest absolute Gasteiger partial charge is 0.132 e. The van der Waals surface area contributed by atoms with Crippen molar-refractivity contribution in [3.05, 3.63) is 0 Å². The van der Waals surface area contributed by atoms with Crippen molar-refractivity contribution < 1.29 is 8.78 Å². The van der Waals surface area contributed by atoms with E-state index < -0.39 is 12.3 Å². The number of rotatable bonds is 6. The molecule has 0 radical (unpaired) electrons. The molecule has 2 aliphatic carbocycles. The second-order valence-corrected chi connectivity index (χ2v) is 12.6. The van der Waals surface area contributed by atoms with Gasteiger partial charge < -0.3 is 10.7 Å². The van der Waals surface area contributed by atoms with Crippen LogP contribution in [0.15, 0.2) is 0 Å². The van der Waals surface area contributed by atoms with E-state index in [0.717, 1.165) is 6.42 Å². The van der Waals surface area contributed by atoms with E-state index in [-0.39, 0.29) is 28.2 Å². The maximum absolute atomic E-state index is 13.8. The maximum Gasteiger partial charge on any atom is 0.132 e. The molecule has 158 valence electrons. The molecule has 9 unspecified atom stereocenters. The summed E-state index contributed by atoms with van der Waals surface area (Å²) in [5.41, 5.74) is 0.768. The fourth-order valence-electron chi connectivity index (χ4n) is 4.77. The average molecular weight is 608 g/mol. The predicted molar refractivity (Wildman–Crippen MR) is 128 cm³/mol. The van der Waals surface area contributed by atoms with Gasteiger partial charge >= 0.3 is 0 Å². The van der Waals surface area contributed by atoms with Crippen LogP contribution in [0.1, 0.15) is 66.7 Å². The first-order valence-electron chi connectivity index (χ1n) is 10.3. The normalized spacial score (nSPS) is 38.4. The molecule has 2 rings (SSSR count). The molecular weight excluding hydrogens is 572 g/mol. The van der Waals surface area contributed by atoms with Crippen LogP contribution in [-0.4, -0.2) is 31.6 Å². The lowest BCUT2D eigenvalue weighted by molar-refractivity contribution is 0.105. The lowest BCUT2D eigenvalue weighted by Gasteiger charge is -2.33. The third kappa shape index (κ3) is 6.46. The first kappa shape index (κ1) is 24.2. The minimum atomic E-state index is -1.38. The SMILES string of the molecule is CC1CC(C(C)C(I)NC(C)(C)C)CC1C(I)C(=N)C1CCC(F)C(F)C1. The summed E-state index contributed by atoms with van der Waals surface area (Å²) >= 11 is 4.95. The molecule has 0 amide bonds. The Labute approximate surface area is 191 Å². The van der Waals surface area contributed by atoms with Gasteiger partial charge in [-0.15, -0.1) is 0 Å². The second-order valence-electron chi connectivity index (χ2n) is 9.93. The van der Waals surface area contributed by atoms with E-state index in [1.807, 2.05) is 0 Å². The van der Waals surface area contributed by atoms with Crippen molar-refractivity contribution in [1.82, 2.24) is 5.32 Å². The topological polar surface area (TPSA) is 35.9 Å². The molecule has 2 nitrogen and oxygen atoms in total. The van der Waals surface area contributed by atoms with Gasteiger partial charge in [0.25, 0.3) is 0 Å². The summed E-state index contributed by atoms with van der Waals surface area (Å²) < 4.78 is 27.8. The number of hydrogen-bond donors (Lipinski definition) is 2. The van der Waals surface area contributed by atoms with Crippen LogP contribution in [0.5, 0.6) is 0 Å². The molecule has 2 aliphatic rings. The molecule has 0 aromatic heterocycles. The molecule has 2 N–H and O–H groups in total. The molecule has 9 atom stereocenters. The zero-order valence-electron chi connectivity index (χ0n) is 17.2. The van der Waals surface area contributed by atoms with Crippen LogP contribution in [0.3, 0.4) is 0 Å². The van der Waals surface area contributed by atoms with Crippen LogP contribution in [0.25, 0.3) is 0 Å². The molecule has 0 aromatic rings.